The highest BCUT2D eigenvalue weighted by atomic mass is 32.2. The summed E-state index contributed by atoms with van der Waals surface area (Å²) < 4.78 is 5.37. The quantitative estimate of drug-likeness (QED) is 0.832. The standard InChI is InChI=1S/C17H23N3OS/c1-14-16(13-15-5-3-2-4-6-15)19-17(18-14)22-12-9-20-7-10-21-11-8-20/h2-6H,7-13H2,1H3,(H,18,19). The Balaban J connectivity index is 1.51. The molecule has 0 radical (unpaired) electrons. The lowest BCUT2D eigenvalue weighted by Crippen LogP contribution is -2.37. The van der Waals surface area contributed by atoms with E-state index in [9.17, 15) is 0 Å². The summed E-state index contributed by atoms with van der Waals surface area (Å²) in [5, 5.41) is 1.04. The molecule has 5 heteroatoms. The first-order valence-corrected chi connectivity index (χ1v) is 8.82. The number of H-pyrrole nitrogens is 1. The van der Waals surface area contributed by atoms with Gasteiger partial charge in [0.05, 0.1) is 18.9 Å². The van der Waals surface area contributed by atoms with E-state index in [-0.39, 0.29) is 0 Å². The number of hydrogen-bond donors (Lipinski definition) is 1. The molecule has 2 aromatic rings. The number of nitrogens with one attached hydrogen (secondary N) is 1. The highest BCUT2D eigenvalue weighted by Crippen LogP contribution is 2.19. The van der Waals surface area contributed by atoms with Crippen molar-refractivity contribution in [3.05, 3.63) is 47.3 Å². The summed E-state index contributed by atoms with van der Waals surface area (Å²) in [4.78, 5) is 10.6. The molecule has 0 saturated carbocycles. The molecule has 0 unspecified atom stereocenters. The summed E-state index contributed by atoms with van der Waals surface area (Å²) in [6, 6.07) is 10.5. The van der Waals surface area contributed by atoms with E-state index in [0.29, 0.717) is 0 Å². The van der Waals surface area contributed by atoms with Crippen molar-refractivity contribution >= 4 is 11.8 Å². The molecule has 3 rings (SSSR count). The minimum Gasteiger partial charge on any atom is -0.379 e. The highest BCUT2D eigenvalue weighted by Gasteiger charge is 2.11. The maximum Gasteiger partial charge on any atom is 0.165 e. The molecule has 1 aliphatic rings. The van der Waals surface area contributed by atoms with Gasteiger partial charge < -0.3 is 9.72 Å². The van der Waals surface area contributed by atoms with Gasteiger partial charge in [0.1, 0.15) is 0 Å². The highest BCUT2D eigenvalue weighted by molar-refractivity contribution is 7.99. The van der Waals surface area contributed by atoms with Gasteiger partial charge in [-0.2, -0.15) is 0 Å². The van der Waals surface area contributed by atoms with Crippen LogP contribution in [0.4, 0.5) is 0 Å². The van der Waals surface area contributed by atoms with Gasteiger partial charge in [-0.15, -0.1) is 0 Å². The van der Waals surface area contributed by atoms with Crippen LogP contribution in [0.3, 0.4) is 0 Å². The van der Waals surface area contributed by atoms with Crippen LogP contribution in [0.15, 0.2) is 35.5 Å². The second kappa shape index (κ2) is 7.81. The third-order valence-corrected chi connectivity index (χ3v) is 4.78. The van der Waals surface area contributed by atoms with Crippen LogP contribution < -0.4 is 0 Å². The molecule has 1 fully saturated rings. The Morgan fingerprint density at radius 1 is 1.23 bits per heavy atom. The fraction of sp³-hybridized carbons (Fsp3) is 0.471. The number of aryl methyl sites for hydroxylation is 1. The number of imidazole rings is 1. The van der Waals surface area contributed by atoms with Crippen LogP contribution in [0.5, 0.6) is 0 Å². The largest absolute Gasteiger partial charge is 0.379 e. The summed E-state index contributed by atoms with van der Waals surface area (Å²) in [5.74, 6) is 1.07. The Bertz CT molecular complexity index is 579. The van der Waals surface area contributed by atoms with Gasteiger partial charge in [0.2, 0.25) is 0 Å². The third-order valence-electron chi connectivity index (χ3n) is 3.93. The minimum absolute atomic E-state index is 0.867. The molecule has 0 bridgehead atoms. The van der Waals surface area contributed by atoms with E-state index in [1.807, 2.05) is 17.8 Å². The summed E-state index contributed by atoms with van der Waals surface area (Å²) >= 11 is 1.81. The minimum atomic E-state index is 0.867. The van der Waals surface area contributed by atoms with Gasteiger partial charge in [-0.3, -0.25) is 4.90 Å². The predicted molar refractivity (Wildman–Crippen MR) is 90.6 cm³/mol. The van der Waals surface area contributed by atoms with Crippen molar-refractivity contribution in [2.75, 3.05) is 38.6 Å². The lowest BCUT2D eigenvalue weighted by molar-refractivity contribution is 0.0410. The van der Waals surface area contributed by atoms with E-state index < -0.39 is 0 Å². The number of thioether (sulfide) groups is 1. The fourth-order valence-corrected chi connectivity index (χ4v) is 3.54. The zero-order valence-electron chi connectivity index (χ0n) is 13.0. The fourth-order valence-electron chi connectivity index (χ4n) is 2.59. The van der Waals surface area contributed by atoms with Crippen LogP contribution in [0.25, 0.3) is 0 Å². The van der Waals surface area contributed by atoms with Gasteiger partial charge in [-0.1, -0.05) is 42.1 Å². The molecule has 0 spiro atoms. The number of nitrogens with zero attached hydrogens (tertiary/aromatic N) is 2. The van der Waals surface area contributed by atoms with Gasteiger partial charge >= 0.3 is 0 Å². The van der Waals surface area contributed by atoms with Crippen molar-refractivity contribution in [3.63, 3.8) is 0 Å². The van der Waals surface area contributed by atoms with Crippen LogP contribution >= 0.6 is 11.8 Å². The van der Waals surface area contributed by atoms with Crippen LogP contribution in [0, 0.1) is 6.92 Å². The van der Waals surface area contributed by atoms with Crippen LogP contribution in [0.1, 0.15) is 17.0 Å². The van der Waals surface area contributed by atoms with E-state index in [1.165, 1.54) is 11.3 Å². The molecule has 1 aliphatic heterocycles. The van der Waals surface area contributed by atoms with Crippen molar-refractivity contribution in [3.8, 4) is 0 Å². The number of aromatic amines is 1. The van der Waals surface area contributed by atoms with E-state index in [1.54, 1.807) is 0 Å². The summed E-state index contributed by atoms with van der Waals surface area (Å²) in [7, 11) is 0. The van der Waals surface area contributed by atoms with E-state index in [4.69, 9.17) is 9.72 Å². The molecule has 0 amide bonds. The number of rotatable bonds is 6. The summed E-state index contributed by atoms with van der Waals surface area (Å²) in [6.45, 7) is 7.05. The lowest BCUT2D eigenvalue weighted by atomic mass is 10.1. The van der Waals surface area contributed by atoms with Crippen molar-refractivity contribution in [1.82, 2.24) is 14.9 Å². The number of hydrogen-bond acceptors (Lipinski definition) is 4. The maximum absolute atomic E-state index is 5.37. The first-order chi connectivity index (χ1) is 10.8. The maximum atomic E-state index is 5.37. The Morgan fingerprint density at radius 2 is 2.00 bits per heavy atom. The molecule has 1 N–H and O–H groups in total. The second-order valence-electron chi connectivity index (χ2n) is 5.58. The van der Waals surface area contributed by atoms with Gasteiger partial charge in [-0.25, -0.2) is 4.98 Å². The summed E-state index contributed by atoms with van der Waals surface area (Å²) in [5.41, 5.74) is 3.64. The average Bonchev–Trinajstić information content (AvgIpc) is 2.89. The SMILES string of the molecule is Cc1[nH]c(SCCN2CCOCC2)nc1Cc1ccccc1. The molecular weight excluding hydrogens is 294 g/mol. The van der Waals surface area contributed by atoms with Gasteiger partial charge in [0.25, 0.3) is 0 Å². The smallest absolute Gasteiger partial charge is 0.165 e. The van der Waals surface area contributed by atoms with Gasteiger partial charge in [-0.05, 0) is 12.5 Å². The van der Waals surface area contributed by atoms with Crippen molar-refractivity contribution in [1.29, 1.82) is 0 Å². The predicted octanol–water partition coefficient (Wildman–Crippen LogP) is 2.73. The second-order valence-corrected chi connectivity index (χ2v) is 6.66. The van der Waals surface area contributed by atoms with Crippen LogP contribution in [-0.2, 0) is 11.2 Å². The number of morpholine rings is 1. The Kier molecular flexibility index (Phi) is 5.53. The average molecular weight is 317 g/mol. The van der Waals surface area contributed by atoms with Gasteiger partial charge in [0.15, 0.2) is 5.16 Å². The van der Waals surface area contributed by atoms with E-state index >= 15 is 0 Å². The zero-order valence-corrected chi connectivity index (χ0v) is 13.9. The van der Waals surface area contributed by atoms with Crippen molar-refractivity contribution < 1.29 is 4.74 Å². The Morgan fingerprint density at radius 3 is 2.77 bits per heavy atom. The number of aromatic nitrogens is 2. The molecule has 1 aromatic carbocycles. The Hall–Kier alpha value is -1.30. The number of ether oxygens (including phenoxy) is 1. The molecule has 0 aliphatic carbocycles. The molecule has 1 saturated heterocycles. The first-order valence-electron chi connectivity index (χ1n) is 7.83. The molecule has 2 heterocycles. The zero-order chi connectivity index (χ0) is 15.2. The lowest BCUT2D eigenvalue weighted by Gasteiger charge is -2.26. The van der Waals surface area contributed by atoms with Crippen molar-refractivity contribution in [2.24, 2.45) is 0 Å². The molecule has 22 heavy (non-hydrogen) atoms. The van der Waals surface area contributed by atoms with Crippen LogP contribution in [-0.4, -0.2) is 53.5 Å². The summed E-state index contributed by atoms with van der Waals surface area (Å²) in [6.07, 6.45) is 0.896. The normalized spacial score (nSPS) is 16.0. The van der Waals surface area contributed by atoms with E-state index in [0.717, 1.165) is 55.9 Å². The molecule has 118 valence electrons. The monoisotopic (exact) mass is 317 g/mol. The molecule has 0 atom stereocenters. The molecule has 4 nitrogen and oxygen atoms in total. The van der Waals surface area contributed by atoms with E-state index in [2.05, 4.69) is 41.1 Å². The number of benzene rings is 1. The molecule has 1 aromatic heterocycles. The Labute approximate surface area is 136 Å². The first kappa shape index (κ1) is 15.6. The third kappa shape index (κ3) is 4.35. The van der Waals surface area contributed by atoms with Crippen molar-refractivity contribution in [2.45, 2.75) is 18.5 Å². The van der Waals surface area contributed by atoms with Crippen LogP contribution in [0.2, 0.25) is 0 Å². The molecular formula is C17H23N3OS. The topological polar surface area (TPSA) is 41.2 Å². The van der Waals surface area contributed by atoms with Gasteiger partial charge in [0, 0.05) is 37.5 Å².